The van der Waals surface area contributed by atoms with E-state index in [0.29, 0.717) is 26.1 Å². The first-order valence-electron chi connectivity index (χ1n) is 9.16. The van der Waals surface area contributed by atoms with E-state index in [0.717, 1.165) is 27.7 Å². The summed E-state index contributed by atoms with van der Waals surface area (Å²) in [6.07, 6.45) is 1.13. The van der Waals surface area contributed by atoms with Gasteiger partial charge in [-0.05, 0) is 32.4 Å². The second-order valence-electron chi connectivity index (χ2n) is 7.27. The zero-order chi connectivity index (χ0) is 19.0. The molecule has 7 heteroatoms. The van der Waals surface area contributed by atoms with Crippen molar-refractivity contribution >= 4 is 28.8 Å². The summed E-state index contributed by atoms with van der Waals surface area (Å²) in [6, 6.07) is 9.65. The van der Waals surface area contributed by atoms with Gasteiger partial charge in [0.15, 0.2) is 0 Å². The van der Waals surface area contributed by atoms with Gasteiger partial charge in [0.25, 0.3) is 5.91 Å². The number of aromatic nitrogens is 1. The van der Waals surface area contributed by atoms with Crippen LogP contribution in [0.3, 0.4) is 0 Å². The summed E-state index contributed by atoms with van der Waals surface area (Å²) in [5, 5.41) is 0.987. The van der Waals surface area contributed by atoms with E-state index < -0.39 is 5.60 Å². The summed E-state index contributed by atoms with van der Waals surface area (Å²) >= 11 is 1.58. The average Bonchev–Trinajstić information content (AvgIpc) is 3.21. The molecule has 1 spiro atoms. The molecule has 142 valence electrons. The van der Waals surface area contributed by atoms with Crippen LogP contribution in [0.5, 0.6) is 0 Å². The summed E-state index contributed by atoms with van der Waals surface area (Å²) < 4.78 is 5.95. The standard InChI is InChI=1S/C20H23N3O3S/c1-14-17(27-15(2)21-14)10-18(24)22-9-8-20(12-22)13-23(19(25)11-26-20)16-6-4-3-5-7-16/h3-7H,8-13H2,1-2H3. The SMILES string of the molecule is Cc1nc(C)c(CC(=O)N2CCC3(C2)CN(c2ccccc2)C(=O)CO3)s1. The number of morpholine rings is 1. The number of rotatable bonds is 3. The molecule has 0 radical (unpaired) electrons. The first kappa shape index (κ1) is 18.1. The van der Waals surface area contributed by atoms with Crippen molar-refractivity contribution in [2.45, 2.75) is 32.3 Å². The van der Waals surface area contributed by atoms with E-state index >= 15 is 0 Å². The van der Waals surface area contributed by atoms with Crippen LogP contribution in [0, 0.1) is 13.8 Å². The Kier molecular flexibility index (Phi) is 4.74. The number of nitrogens with zero attached hydrogens (tertiary/aromatic N) is 3. The largest absolute Gasteiger partial charge is 0.361 e. The number of likely N-dealkylation sites (tertiary alicyclic amines) is 1. The molecule has 2 aromatic rings. The predicted molar refractivity (Wildman–Crippen MR) is 104 cm³/mol. The van der Waals surface area contributed by atoms with Gasteiger partial charge < -0.3 is 14.5 Å². The third-order valence-corrected chi connectivity index (χ3v) is 6.37. The minimum absolute atomic E-state index is 0.0349. The Balaban J connectivity index is 1.45. The lowest BCUT2D eigenvalue weighted by atomic mass is 10.00. The average molecular weight is 385 g/mol. The maximum absolute atomic E-state index is 12.8. The van der Waals surface area contributed by atoms with Gasteiger partial charge in [-0.25, -0.2) is 4.98 Å². The van der Waals surface area contributed by atoms with Crippen LogP contribution < -0.4 is 4.90 Å². The fraction of sp³-hybridized carbons (Fsp3) is 0.450. The van der Waals surface area contributed by atoms with E-state index in [2.05, 4.69) is 4.98 Å². The molecule has 2 saturated heterocycles. The molecule has 2 aliphatic heterocycles. The van der Waals surface area contributed by atoms with Gasteiger partial charge >= 0.3 is 0 Å². The molecule has 4 rings (SSSR count). The first-order valence-corrected chi connectivity index (χ1v) is 9.97. The smallest absolute Gasteiger partial charge is 0.253 e. The maximum Gasteiger partial charge on any atom is 0.253 e. The monoisotopic (exact) mass is 385 g/mol. The quantitative estimate of drug-likeness (QED) is 0.814. The molecular weight excluding hydrogens is 362 g/mol. The normalized spacial score (nSPS) is 22.7. The van der Waals surface area contributed by atoms with Crippen molar-refractivity contribution in [3.05, 3.63) is 45.9 Å². The van der Waals surface area contributed by atoms with Crippen molar-refractivity contribution in [1.82, 2.24) is 9.88 Å². The van der Waals surface area contributed by atoms with Crippen LogP contribution in [0.4, 0.5) is 5.69 Å². The second-order valence-corrected chi connectivity index (χ2v) is 8.56. The number of para-hydroxylation sites is 1. The van der Waals surface area contributed by atoms with Crippen LogP contribution in [-0.4, -0.2) is 53.5 Å². The van der Waals surface area contributed by atoms with Gasteiger partial charge in [-0.15, -0.1) is 11.3 Å². The van der Waals surface area contributed by atoms with Gasteiger partial charge in [-0.1, -0.05) is 18.2 Å². The molecule has 0 N–H and O–H groups in total. The van der Waals surface area contributed by atoms with Gasteiger partial charge in [0, 0.05) is 17.1 Å². The van der Waals surface area contributed by atoms with Crippen LogP contribution >= 0.6 is 11.3 Å². The number of carbonyl (C=O) groups is 2. The fourth-order valence-corrected chi connectivity index (χ4v) is 4.78. The van der Waals surface area contributed by atoms with Crippen molar-refractivity contribution in [3.8, 4) is 0 Å². The van der Waals surface area contributed by atoms with Gasteiger partial charge in [0.1, 0.15) is 12.2 Å². The third-order valence-electron chi connectivity index (χ3n) is 5.30. The van der Waals surface area contributed by atoms with E-state index in [1.165, 1.54) is 0 Å². The topological polar surface area (TPSA) is 62.7 Å². The van der Waals surface area contributed by atoms with Crippen molar-refractivity contribution in [3.63, 3.8) is 0 Å². The number of hydrogen-bond acceptors (Lipinski definition) is 5. The van der Waals surface area contributed by atoms with Crippen LogP contribution in [0.1, 0.15) is 22.0 Å². The summed E-state index contributed by atoms with van der Waals surface area (Å²) in [6.45, 7) is 5.64. The Morgan fingerprint density at radius 3 is 2.74 bits per heavy atom. The highest BCUT2D eigenvalue weighted by Gasteiger charge is 2.46. The highest BCUT2D eigenvalue weighted by atomic mass is 32.1. The van der Waals surface area contributed by atoms with Crippen LogP contribution in [0.2, 0.25) is 0 Å². The molecule has 2 amide bonds. The van der Waals surface area contributed by atoms with Crippen LogP contribution in [0.15, 0.2) is 30.3 Å². The van der Waals surface area contributed by atoms with Gasteiger partial charge in [0.2, 0.25) is 5.91 Å². The Labute approximate surface area is 162 Å². The van der Waals surface area contributed by atoms with E-state index in [1.54, 1.807) is 16.2 Å². The Morgan fingerprint density at radius 2 is 2.04 bits per heavy atom. The number of hydrogen-bond donors (Lipinski definition) is 0. The van der Waals surface area contributed by atoms with Crippen molar-refractivity contribution < 1.29 is 14.3 Å². The molecule has 2 fully saturated rings. The zero-order valence-electron chi connectivity index (χ0n) is 15.6. The summed E-state index contributed by atoms with van der Waals surface area (Å²) in [5.74, 6) is 0.0674. The molecule has 1 unspecified atom stereocenters. The zero-order valence-corrected chi connectivity index (χ0v) is 16.4. The summed E-state index contributed by atoms with van der Waals surface area (Å²) in [7, 11) is 0. The molecule has 27 heavy (non-hydrogen) atoms. The molecule has 0 aliphatic carbocycles. The number of amides is 2. The Morgan fingerprint density at radius 1 is 1.26 bits per heavy atom. The number of aryl methyl sites for hydroxylation is 2. The number of thiazole rings is 1. The van der Waals surface area contributed by atoms with Gasteiger partial charge in [-0.2, -0.15) is 0 Å². The van der Waals surface area contributed by atoms with Crippen molar-refractivity contribution in [1.29, 1.82) is 0 Å². The predicted octanol–water partition coefficient (Wildman–Crippen LogP) is 2.34. The number of carbonyl (C=O) groups excluding carboxylic acids is 2. The third kappa shape index (κ3) is 3.61. The van der Waals surface area contributed by atoms with E-state index in [4.69, 9.17) is 4.74 Å². The van der Waals surface area contributed by atoms with Crippen LogP contribution in [0.25, 0.3) is 0 Å². The lowest BCUT2D eigenvalue weighted by Gasteiger charge is -2.40. The molecule has 1 aromatic carbocycles. The van der Waals surface area contributed by atoms with Crippen LogP contribution in [-0.2, 0) is 20.7 Å². The number of anilines is 1. The van der Waals surface area contributed by atoms with E-state index in [-0.39, 0.29) is 18.4 Å². The van der Waals surface area contributed by atoms with Crippen molar-refractivity contribution in [2.75, 3.05) is 31.1 Å². The second kappa shape index (κ2) is 7.05. The maximum atomic E-state index is 12.8. The lowest BCUT2D eigenvalue weighted by Crippen LogP contribution is -2.56. The molecule has 1 aromatic heterocycles. The molecule has 3 heterocycles. The molecular formula is C20H23N3O3S. The molecule has 0 saturated carbocycles. The lowest BCUT2D eigenvalue weighted by molar-refractivity contribution is -0.139. The minimum Gasteiger partial charge on any atom is -0.361 e. The van der Waals surface area contributed by atoms with Gasteiger partial charge in [0.05, 0.1) is 30.2 Å². The summed E-state index contributed by atoms with van der Waals surface area (Å²) in [5.41, 5.74) is 1.35. The van der Waals surface area contributed by atoms with E-state index in [1.807, 2.05) is 49.1 Å². The van der Waals surface area contributed by atoms with E-state index in [9.17, 15) is 9.59 Å². The minimum atomic E-state index is -0.474. The molecule has 6 nitrogen and oxygen atoms in total. The number of benzene rings is 1. The highest BCUT2D eigenvalue weighted by molar-refractivity contribution is 7.11. The fourth-order valence-electron chi connectivity index (χ4n) is 3.85. The molecule has 2 aliphatic rings. The number of ether oxygens (including phenoxy) is 1. The van der Waals surface area contributed by atoms with Crippen molar-refractivity contribution in [2.24, 2.45) is 0 Å². The summed E-state index contributed by atoms with van der Waals surface area (Å²) in [4.78, 5) is 34.2. The Hall–Kier alpha value is -2.25. The van der Waals surface area contributed by atoms with Gasteiger partial charge in [-0.3, -0.25) is 9.59 Å². The Bertz CT molecular complexity index is 867. The first-order chi connectivity index (χ1) is 13.0. The molecule has 1 atom stereocenters. The highest BCUT2D eigenvalue weighted by Crippen LogP contribution is 2.32. The molecule has 0 bridgehead atoms.